The molecule has 5 nitrogen and oxygen atoms in total. The van der Waals surface area contributed by atoms with Crippen molar-refractivity contribution < 1.29 is 8.83 Å². The van der Waals surface area contributed by atoms with E-state index in [1.54, 1.807) is 12.1 Å². The van der Waals surface area contributed by atoms with Gasteiger partial charge in [0.15, 0.2) is 6.39 Å². The number of benzene rings is 1. The molecular formula is C11H6ClN3O2. The van der Waals surface area contributed by atoms with Gasteiger partial charge in [0.05, 0.1) is 16.8 Å². The van der Waals surface area contributed by atoms with E-state index < -0.39 is 0 Å². The van der Waals surface area contributed by atoms with E-state index in [0.717, 1.165) is 0 Å². The van der Waals surface area contributed by atoms with Gasteiger partial charge in [0.2, 0.25) is 11.7 Å². The van der Waals surface area contributed by atoms with Crippen molar-refractivity contribution in [1.82, 2.24) is 15.2 Å². The number of aromatic nitrogens is 3. The van der Waals surface area contributed by atoms with Gasteiger partial charge in [0.25, 0.3) is 5.89 Å². The van der Waals surface area contributed by atoms with Crippen LogP contribution >= 0.6 is 11.6 Å². The Morgan fingerprint density at radius 1 is 1.06 bits per heavy atom. The molecule has 6 heteroatoms. The molecule has 0 spiro atoms. The molecule has 0 aliphatic carbocycles. The fourth-order valence-corrected chi connectivity index (χ4v) is 1.60. The average Bonchev–Trinajstić information content (AvgIpc) is 3.00. The summed E-state index contributed by atoms with van der Waals surface area (Å²) in [5.74, 6) is 1.05. The van der Waals surface area contributed by atoms with E-state index in [1.807, 2.05) is 12.1 Å². The largest absolute Gasteiger partial charge is 0.438 e. The average molecular weight is 248 g/mol. The number of halogens is 1. The van der Waals surface area contributed by atoms with Crippen LogP contribution in [0.15, 0.2) is 45.7 Å². The topological polar surface area (TPSA) is 65.0 Å². The van der Waals surface area contributed by atoms with Gasteiger partial charge >= 0.3 is 0 Å². The molecule has 0 atom stereocenters. The molecule has 17 heavy (non-hydrogen) atoms. The Morgan fingerprint density at radius 3 is 2.65 bits per heavy atom. The highest BCUT2D eigenvalue weighted by Gasteiger charge is 2.14. The number of hydrogen-bond donors (Lipinski definition) is 0. The highest BCUT2D eigenvalue weighted by Crippen LogP contribution is 2.28. The fraction of sp³-hybridized carbons (Fsp3) is 0. The zero-order valence-electron chi connectivity index (χ0n) is 8.50. The lowest BCUT2D eigenvalue weighted by molar-refractivity contribution is 0.519. The Kier molecular flexibility index (Phi) is 2.38. The standard InChI is InChI=1S/C11H6ClN3O2/c12-8-4-2-1-3-7(8)10-14-15-11(17-10)9-5-13-6-16-9/h1-6H. The second kappa shape index (κ2) is 4.03. The second-order valence-corrected chi connectivity index (χ2v) is 3.67. The summed E-state index contributed by atoms with van der Waals surface area (Å²) >= 11 is 6.03. The minimum Gasteiger partial charge on any atom is -0.438 e. The monoisotopic (exact) mass is 247 g/mol. The van der Waals surface area contributed by atoms with Crippen LogP contribution in [0.1, 0.15) is 0 Å². The van der Waals surface area contributed by atoms with Crippen molar-refractivity contribution in [3.8, 4) is 23.1 Å². The first-order valence-corrected chi connectivity index (χ1v) is 5.19. The summed E-state index contributed by atoms with van der Waals surface area (Å²) in [6.07, 6.45) is 2.80. The fourth-order valence-electron chi connectivity index (χ4n) is 1.39. The molecule has 0 aliphatic heterocycles. The highest BCUT2D eigenvalue weighted by molar-refractivity contribution is 6.33. The lowest BCUT2D eigenvalue weighted by atomic mass is 10.2. The maximum absolute atomic E-state index is 6.03. The van der Waals surface area contributed by atoms with Gasteiger partial charge < -0.3 is 8.83 Å². The van der Waals surface area contributed by atoms with Gasteiger partial charge in [-0.2, -0.15) is 0 Å². The van der Waals surface area contributed by atoms with E-state index in [1.165, 1.54) is 12.6 Å². The van der Waals surface area contributed by atoms with Crippen LogP contribution in [0, 0.1) is 0 Å². The first kappa shape index (κ1) is 10.0. The number of nitrogens with zero attached hydrogens (tertiary/aromatic N) is 3. The smallest absolute Gasteiger partial charge is 0.285 e. The molecular weight excluding hydrogens is 242 g/mol. The Labute approximate surface area is 101 Å². The minimum absolute atomic E-state index is 0.275. The Balaban J connectivity index is 2.04. The first-order valence-electron chi connectivity index (χ1n) is 4.82. The summed E-state index contributed by atoms with van der Waals surface area (Å²) in [6.45, 7) is 0. The van der Waals surface area contributed by atoms with Gasteiger partial charge in [0, 0.05) is 0 Å². The SMILES string of the molecule is Clc1ccccc1-c1nnc(-c2cnco2)o1. The third kappa shape index (κ3) is 1.81. The predicted octanol–water partition coefficient (Wildman–Crippen LogP) is 3.05. The van der Waals surface area contributed by atoms with E-state index in [4.69, 9.17) is 20.4 Å². The summed E-state index contributed by atoms with van der Waals surface area (Å²) in [6, 6.07) is 7.24. The van der Waals surface area contributed by atoms with Crippen molar-refractivity contribution >= 4 is 11.6 Å². The van der Waals surface area contributed by atoms with E-state index in [9.17, 15) is 0 Å². The van der Waals surface area contributed by atoms with Crippen molar-refractivity contribution in [3.05, 3.63) is 41.9 Å². The normalized spacial score (nSPS) is 10.6. The molecule has 0 bridgehead atoms. The van der Waals surface area contributed by atoms with Crippen LogP contribution in [-0.2, 0) is 0 Å². The molecule has 0 saturated heterocycles. The molecule has 0 amide bonds. The predicted molar refractivity (Wildman–Crippen MR) is 60.2 cm³/mol. The second-order valence-electron chi connectivity index (χ2n) is 3.26. The van der Waals surface area contributed by atoms with Gasteiger partial charge in [-0.3, -0.25) is 0 Å². The summed E-state index contributed by atoms with van der Waals surface area (Å²) in [7, 11) is 0. The lowest BCUT2D eigenvalue weighted by Gasteiger charge is -1.96. The Hall–Kier alpha value is -2.14. The molecule has 0 unspecified atom stereocenters. The van der Waals surface area contributed by atoms with Crippen LogP contribution < -0.4 is 0 Å². The van der Waals surface area contributed by atoms with Crippen molar-refractivity contribution in [2.24, 2.45) is 0 Å². The van der Waals surface area contributed by atoms with Gasteiger partial charge in [-0.1, -0.05) is 23.7 Å². The van der Waals surface area contributed by atoms with Crippen molar-refractivity contribution in [3.63, 3.8) is 0 Å². The van der Waals surface area contributed by atoms with Gasteiger partial charge in [-0.25, -0.2) is 4.98 Å². The van der Waals surface area contributed by atoms with Crippen LogP contribution in [0.3, 0.4) is 0 Å². The minimum atomic E-state index is 0.275. The molecule has 2 heterocycles. The maximum atomic E-state index is 6.03. The van der Waals surface area contributed by atoms with Crippen molar-refractivity contribution in [1.29, 1.82) is 0 Å². The van der Waals surface area contributed by atoms with Crippen LogP contribution in [0.2, 0.25) is 5.02 Å². The summed E-state index contributed by atoms with van der Waals surface area (Å²) in [4.78, 5) is 3.78. The first-order chi connectivity index (χ1) is 8.34. The molecule has 0 fully saturated rings. The van der Waals surface area contributed by atoms with Crippen LogP contribution in [0.4, 0.5) is 0 Å². The van der Waals surface area contributed by atoms with E-state index in [2.05, 4.69) is 15.2 Å². The third-order valence-corrected chi connectivity index (χ3v) is 2.50. The summed E-state index contributed by atoms with van der Waals surface area (Å²) in [5, 5.41) is 8.34. The van der Waals surface area contributed by atoms with Gasteiger partial charge in [0.1, 0.15) is 0 Å². The van der Waals surface area contributed by atoms with Crippen LogP contribution in [0.5, 0.6) is 0 Å². The molecule has 0 radical (unpaired) electrons. The van der Waals surface area contributed by atoms with E-state index in [-0.39, 0.29) is 5.89 Å². The van der Waals surface area contributed by atoms with Gasteiger partial charge in [-0.05, 0) is 12.1 Å². The molecule has 0 aliphatic rings. The molecule has 84 valence electrons. The third-order valence-electron chi connectivity index (χ3n) is 2.17. The Morgan fingerprint density at radius 2 is 1.88 bits per heavy atom. The molecule has 0 N–H and O–H groups in total. The zero-order chi connectivity index (χ0) is 11.7. The molecule has 3 rings (SSSR count). The summed E-state index contributed by atoms with van der Waals surface area (Å²) < 4.78 is 10.5. The van der Waals surface area contributed by atoms with Gasteiger partial charge in [-0.15, -0.1) is 10.2 Å². The van der Waals surface area contributed by atoms with E-state index >= 15 is 0 Å². The number of hydrogen-bond acceptors (Lipinski definition) is 5. The van der Waals surface area contributed by atoms with Crippen molar-refractivity contribution in [2.45, 2.75) is 0 Å². The summed E-state index contributed by atoms with van der Waals surface area (Å²) in [5.41, 5.74) is 0.687. The molecule has 1 aromatic carbocycles. The van der Waals surface area contributed by atoms with Crippen LogP contribution in [-0.4, -0.2) is 15.2 Å². The van der Waals surface area contributed by atoms with E-state index in [0.29, 0.717) is 22.2 Å². The number of rotatable bonds is 2. The van der Waals surface area contributed by atoms with Crippen molar-refractivity contribution in [2.75, 3.05) is 0 Å². The molecule has 0 saturated carbocycles. The maximum Gasteiger partial charge on any atom is 0.285 e. The van der Waals surface area contributed by atoms with Crippen LogP contribution in [0.25, 0.3) is 23.1 Å². The molecule has 3 aromatic rings. The quantitative estimate of drug-likeness (QED) is 0.696. The highest BCUT2D eigenvalue weighted by atomic mass is 35.5. The lowest BCUT2D eigenvalue weighted by Crippen LogP contribution is -1.78. The number of oxazole rings is 1. The zero-order valence-corrected chi connectivity index (χ0v) is 9.26. The Bertz CT molecular complexity index is 634. The molecule has 2 aromatic heterocycles.